The van der Waals surface area contributed by atoms with Gasteiger partial charge in [-0.25, -0.2) is 0 Å². The van der Waals surface area contributed by atoms with Gasteiger partial charge in [0.25, 0.3) is 0 Å². The maximum absolute atomic E-state index is 5.74. The Bertz CT molecular complexity index is 297. The van der Waals surface area contributed by atoms with Crippen LogP contribution in [-0.2, 0) is 9.47 Å². The molecule has 19 heavy (non-hydrogen) atoms. The topological polar surface area (TPSA) is 30.5 Å². The molecule has 1 heterocycles. The minimum atomic E-state index is -0.413. The fourth-order valence-electron chi connectivity index (χ4n) is 4.09. The molecular weight excluding hydrogens is 238 g/mol. The summed E-state index contributed by atoms with van der Waals surface area (Å²) in [4.78, 5) is 0. The highest BCUT2D eigenvalue weighted by molar-refractivity contribution is 4.93. The molecular formula is C16H31NO2. The van der Waals surface area contributed by atoms with E-state index in [9.17, 15) is 0 Å². The number of nitrogens with one attached hydrogen (secondary N) is 1. The average molecular weight is 269 g/mol. The van der Waals surface area contributed by atoms with Gasteiger partial charge in [0.2, 0.25) is 0 Å². The number of hydrogen-bond donors (Lipinski definition) is 1. The van der Waals surface area contributed by atoms with Crippen LogP contribution < -0.4 is 5.32 Å². The van der Waals surface area contributed by atoms with E-state index in [2.05, 4.69) is 33.0 Å². The molecule has 3 nitrogen and oxygen atoms in total. The highest BCUT2D eigenvalue weighted by atomic mass is 16.7. The predicted molar refractivity (Wildman–Crippen MR) is 78.1 cm³/mol. The highest BCUT2D eigenvalue weighted by Gasteiger charge is 2.39. The van der Waals surface area contributed by atoms with Gasteiger partial charge in [-0.3, -0.25) is 0 Å². The quantitative estimate of drug-likeness (QED) is 0.834. The van der Waals surface area contributed by atoms with Crippen molar-refractivity contribution in [3.8, 4) is 0 Å². The Morgan fingerprint density at radius 2 is 1.26 bits per heavy atom. The van der Waals surface area contributed by atoms with E-state index in [0.29, 0.717) is 22.9 Å². The van der Waals surface area contributed by atoms with Crippen molar-refractivity contribution in [2.45, 2.75) is 78.7 Å². The van der Waals surface area contributed by atoms with Crippen LogP contribution in [0.3, 0.4) is 0 Å². The first-order valence-electron chi connectivity index (χ1n) is 7.61. The van der Waals surface area contributed by atoms with Crippen LogP contribution in [0.15, 0.2) is 0 Å². The van der Waals surface area contributed by atoms with E-state index in [1.165, 1.54) is 19.3 Å². The zero-order valence-electron chi connectivity index (χ0n) is 13.5. The van der Waals surface area contributed by atoms with E-state index >= 15 is 0 Å². The second-order valence-electron chi connectivity index (χ2n) is 8.50. The van der Waals surface area contributed by atoms with Gasteiger partial charge in [-0.05, 0) is 43.9 Å². The molecule has 1 saturated carbocycles. The third-order valence-electron chi connectivity index (χ3n) is 4.29. The third-order valence-corrected chi connectivity index (χ3v) is 4.29. The Hall–Kier alpha value is -0.120. The predicted octanol–water partition coefficient (Wildman–Crippen LogP) is 3.33. The van der Waals surface area contributed by atoms with Crippen molar-refractivity contribution in [1.29, 1.82) is 0 Å². The Labute approximate surface area is 118 Å². The smallest absolute Gasteiger partial charge is 0.162 e. The monoisotopic (exact) mass is 269 g/mol. The first-order chi connectivity index (χ1) is 8.57. The van der Waals surface area contributed by atoms with E-state index < -0.39 is 5.79 Å². The molecule has 0 aromatic carbocycles. The molecule has 1 aliphatic heterocycles. The van der Waals surface area contributed by atoms with Gasteiger partial charge >= 0.3 is 0 Å². The Morgan fingerprint density at radius 1 is 0.789 bits per heavy atom. The van der Waals surface area contributed by atoms with Crippen molar-refractivity contribution in [3.05, 3.63) is 0 Å². The molecule has 1 N–H and O–H groups in total. The lowest BCUT2D eigenvalue weighted by atomic mass is 9.63. The largest absolute Gasteiger partial charge is 0.349 e. The van der Waals surface area contributed by atoms with Crippen molar-refractivity contribution in [2.75, 3.05) is 13.2 Å². The van der Waals surface area contributed by atoms with Crippen LogP contribution >= 0.6 is 0 Å². The molecule has 1 saturated heterocycles. The number of hydrogen-bond acceptors (Lipinski definition) is 3. The standard InChI is InChI=1S/C16H31NO2/c1-14(2)7-12(8-15(3,4)11-14)17-13-9-18-16(5,6)19-10-13/h12-13,17H,7-11H2,1-6H3. The van der Waals surface area contributed by atoms with Crippen molar-refractivity contribution in [2.24, 2.45) is 10.8 Å². The number of ether oxygens (including phenoxy) is 2. The van der Waals surface area contributed by atoms with Crippen molar-refractivity contribution >= 4 is 0 Å². The Kier molecular flexibility index (Phi) is 4.03. The molecule has 3 heteroatoms. The molecule has 0 aromatic rings. The summed E-state index contributed by atoms with van der Waals surface area (Å²) in [7, 11) is 0. The first-order valence-corrected chi connectivity index (χ1v) is 7.61. The number of rotatable bonds is 2. The van der Waals surface area contributed by atoms with Gasteiger partial charge in [-0.15, -0.1) is 0 Å². The van der Waals surface area contributed by atoms with Gasteiger partial charge in [-0.1, -0.05) is 27.7 Å². The molecule has 0 unspecified atom stereocenters. The summed E-state index contributed by atoms with van der Waals surface area (Å²) in [6.07, 6.45) is 3.80. The minimum Gasteiger partial charge on any atom is -0.349 e. The maximum atomic E-state index is 5.74. The van der Waals surface area contributed by atoms with E-state index in [1.54, 1.807) is 0 Å². The fourth-order valence-corrected chi connectivity index (χ4v) is 4.09. The second kappa shape index (κ2) is 5.01. The van der Waals surface area contributed by atoms with Crippen molar-refractivity contribution < 1.29 is 9.47 Å². The third kappa shape index (κ3) is 4.44. The zero-order valence-corrected chi connectivity index (χ0v) is 13.5. The molecule has 2 aliphatic rings. The molecule has 0 amide bonds. The minimum absolute atomic E-state index is 0.336. The fraction of sp³-hybridized carbons (Fsp3) is 1.00. The van der Waals surface area contributed by atoms with Gasteiger partial charge < -0.3 is 14.8 Å². The van der Waals surface area contributed by atoms with E-state index in [4.69, 9.17) is 9.47 Å². The summed E-state index contributed by atoms with van der Waals surface area (Å²) in [6.45, 7) is 15.0. The van der Waals surface area contributed by atoms with Crippen molar-refractivity contribution in [1.82, 2.24) is 5.32 Å². The normalized spacial score (nSPS) is 31.3. The van der Waals surface area contributed by atoms with Crippen LogP contribution in [0.2, 0.25) is 0 Å². The van der Waals surface area contributed by atoms with Crippen molar-refractivity contribution in [3.63, 3.8) is 0 Å². The molecule has 0 spiro atoms. The Morgan fingerprint density at radius 3 is 1.74 bits per heavy atom. The zero-order chi connectivity index (χ0) is 14.3. The molecule has 2 fully saturated rings. The van der Waals surface area contributed by atoms with Crippen LogP contribution in [0.4, 0.5) is 0 Å². The van der Waals surface area contributed by atoms with E-state index in [0.717, 1.165) is 13.2 Å². The summed E-state index contributed by atoms with van der Waals surface area (Å²) >= 11 is 0. The molecule has 1 aliphatic carbocycles. The SMILES string of the molecule is CC1(C)CC(NC2COC(C)(C)OC2)CC(C)(C)C1. The highest BCUT2D eigenvalue weighted by Crippen LogP contribution is 2.45. The second-order valence-corrected chi connectivity index (χ2v) is 8.50. The summed E-state index contributed by atoms with van der Waals surface area (Å²) in [5, 5.41) is 3.76. The molecule has 2 rings (SSSR count). The molecule has 0 radical (unpaired) electrons. The molecule has 0 atom stereocenters. The van der Waals surface area contributed by atoms with Gasteiger partial charge in [0.15, 0.2) is 5.79 Å². The molecule has 112 valence electrons. The van der Waals surface area contributed by atoms with Crippen LogP contribution in [0.5, 0.6) is 0 Å². The van der Waals surface area contributed by atoms with E-state index in [-0.39, 0.29) is 0 Å². The lowest BCUT2D eigenvalue weighted by molar-refractivity contribution is -0.254. The lowest BCUT2D eigenvalue weighted by Crippen LogP contribution is -2.54. The van der Waals surface area contributed by atoms with Crippen LogP contribution in [0, 0.1) is 10.8 Å². The summed E-state index contributed by atoms with van der Waals surface area (Å²) in [6, 6.07) is 0.917. The van der Waals surface area contributed by atoms with Gasteiger partial charge in [0.05, 0.1) is 19.3 Å². The van der Waals surface area contributed by atoms with Crippen LogP contribution in [-0.4, -0.2) is 31.1 Å². The van der Waals surface area contributed by atoms with Gasteiger partial charge in [0.1, 0.15) is 0 Å². The molecule has 0 aromatic heterocycles. The lowest BCUT2D eigenvalue weighted by Gasteiger charge is -2.47. The Balaban J connectivity index is 1.89. The summed E-state index contributed by atoms with van der Waals surface area (Å²) < 4.78 is 11.5. The van der Waals surface area contributed by atoms with Gasteiger partial charge in [0, 0.05) is 6.04 Å². The van der Waals surface area contributed by atoms with Crippen LogP contribution in [0.1, 0.15) is 60.8 Å². The van der Waals surface area contributed by atoms with Gasteiger partial charge in [-0.2, -0.15) is 0 Å². The average Bonchev–Trinajstić information content (AvgIpc) is 2.16. The maximum Gasteiger partial charge on any atom is 0.162 e. The van der Waals surface area contributed by atoms with E-state index in [1.807, 2.05) is 13.8 Å². The summed E-state index contributed by atoms with van der Waals surface area (Å²) in [5.74, 6) is -0.413. The van der Waals surface area contributed by atoms with Crippen LogP contribution in [0.25, 0.3) is 0 Å². The molecule has 0 bridgehead atoms. The first kappa shape index (κ1) is 15.3. The summed E-state index contributed by atoms with van der Waals surface area (Å²) in [5.41, 5.74) is 0.851.